The number of rotatable bonds is 16. The van der Waals surface area contributed by atoms with E-state index in [0.717, 1.165) is 39.7 Å². The smallest absolute Gasteiger partial charge is 0.329 e. The summed E-state index contributed by atoms with van der Waals surface area (Å²) in [6.45, 7) is 18.4. The minimum atomic E-state index is -1.55. The van der Waals surface area contributed by atoms with E-state index in [2.05, 4.69) is 42.1 Å². The van der Waals surface area contributed by atoms with Gasteiger partial charge < -0.3 is 38.5 Å². The number of hydrogen-bond donors (Lipinski definition) is 0. The normalized spacial score (nSPS) is 23.0. The van der Waals surface area contributed by atoms with Gasteiger partial charge in [0.25, 0.3) is 23.6 Å². The van der Waals surface area contributed by atoms with Gasteiger partial charge in [-0.2, -0.15) is 10.2 Å². The molecule has 82 heavy (non-hydrogen) atoms. The lowest BCUT2D eigenvalue weighted by molar-refractivity contribution is -0.176. The number of amides is 4. The van der Waals surface area contributed by atoms with Gasteiger partial charge in [-0.3, -0.25) is 28.5 Å². The van der Waals surface area contributed by atoms with Gasteiger partial charge in [0.1, 0.15) is 24.2 Å². The fraction of sp³-hybridized carbons (Fsp3) is 0.567. The van der Waals surface area contributed by atoms with Crippen molar-refractivity contribution in [1.82, 2.24) is 39.2 Å². The summed E-state index contributed by atoms with van der Waals surface area (Å²) in [4.78, 5) is 122. The summed E-state index contributed by atoms with van der Waals surface area (Å²) in [5, 5.41) is 8.69. The van der Waals surface area contributed by atoms with E-state index in [9.17, 15) is 28.8 Å². The van der Waals surface area contributed by atoms with Crippen molar-refractivity contribution in [2.75, 3.05) is 28.2 Å². The maximum absolute atomic E-state index is 15.1. The molecule has 1 saturated heterocycles. The van der Waals surface area contributed by atoms with Gasteiger partial charge in [-0.1, -0.05) is 104 Å². The molecule has 8 atom stereocenters. The van der Waals surface area contributed by atoms with Gasteiger partial charge in [-0.15, -0.1) is 0 Å². The van der Waals surface area contributed by atoms with Crippen molar-refractivity contribution < 1.29 is 57.3 Å². The molecule has 0 aliphatic carbocycles. The number of carbonyl (C=O) groups is 8. The molecule has 0 spiro atoms. The van der Waals surface area contributed by atoms with Crippen molar-refractivity contribution >= 4 is 79.4 Å². The van der Waals surface area contributed by atoms with Crippen LogP contribution < -0.4 is 0 Å². The van der Waals surface area contributed by atoms with E-state index in [-0.39, 0.29) is 62.2 Å². The lowest BCUT2D eigenvalue weighted by atomic mass is 9.99. The predicted molar refractivity (Wildman–Crippen MR) is 313 cm³/mol. The molecule has 3 heterocycles. The van der Waals surface area contributed by atoms with E-state index in [1.54, 1.807) is 46.0 Å². The first-order chi connectivity index (χ1) is 38.5. The first-order valence-electron chi connectivity index (χ1n) is 27.9. The molecule has 22 heteroatoms. The van der Waals surface area contributed by atoms with Gasteiger partial charge in [0.2, 0.25) is 0 Å². The molecule has 20 nitrogen and oxygen atoms in total. The molecule has 4 amide bonds. The maximum atomic E-state index is 15.1. The van der Waals surface area contributed by atoms with Crippen LogP contribution in [0, 0.1) is 23.7 Å². The van der Waals surface area contributed by atoms with Gasteiger partial charge in [0, 0.05) is 53.4 Å². The van der Waals surface area contributed by atoms with Crippen LogP contribution in [-0.2, 0) is 83.2 Å². The van der Waals surface area contributed by atoms with Crippen LogP contribution in [-0.4, -0.2) is 163 Å². The highest BCUT2D eigenvalue weighted by atomic mass is 79.9. The fourth-order valence-electron chi connectivity index (χ4n) is 9.77. The number of hydrogen-bond acceptors (Lipinski definition) is 14. The van der Waals surface area contributed by atoms with Gasteiger partial charge in [-0.25, -0.2) is 19.2 Å². The Kier molecular flexibility index (Phi) is 24.5. The van der Waals surface area contributed by atoms with Crippen LogP contribution in [0.2, 0.25) is 0 Å². The summed E-state index contributed by atoms with van der Waals surface area (Å²) in [7, 11) is 5.56. The maximum Gasteiger partial charge on any atom is 0.329 e. The topological polar surface area (TPSA) is 222 Å². The van der Waals surface area contributed by atoms with Crippen molar-refractivity contribution in [3.8, 4) is 0 Å². The molecule has 0 saturated carbocycles. The molecular formula is C60H82Br2N8O12. The summed E-state index contributed by atoms with van der Waals surface area (Å²) >= 11 is 6.85. The Labute approximate surface area is 499 Å². The van der Waals surface area contributed by atoms with Gasteiger partial charge in [0.15, 0.2) is 24.4 Å². The third-order valence-corrected chi connectivity index (χ3v) is 15.0. The van der Waals surface area contributed by atoms with Crippen LogP contribution in [0.1, 0.15) is 117 Å². The van der Waals surface area contributed by atoms with Crippen LogP contribution in [0.5, 0.6) is 0 Å². The number of ether oxygens (including phenoxy) is 4. The number of carbonyl (C=O) groups excluding carboxylic acids is 8. The number of halogens is 2. The first-order valence-corrected chi connectivity index (χ1v) is 29.5. The van der Waals surface area contributed by atoms with Crippen LogP contribution in [0.25, 0.3) is 0 Å². The quantitative estimate of drug-likeness (QED) is 0.0776. The Balaban J connectivity index is 1.60. The first kappa shape index (κ1) is 66.4. The molecule has 0 bridgehead atoms. The minimum absolute atomic E-state index is 0.0759. The SMILES string of the molecule is CC(C)C[C@H]1C(=O)O[C@H](Cc2cccc(Cn3cc(Br)cn3)c2)C(=O)N(C)[C@@H](CC(C)C)C(=O)O[C@H](C)C(=O)N(C)[C@@H](CC(C)C)C(=O)O[C@H](Cc2ccc(Cn3cc(Br)cn3)cc2)C(=O)N(C)[C@@H](CC(C)C)C(=O)O[C@H](C)C(=O)N1C. The molecular weight excluding hydrogens is 1180 g/mol. The summed E-state index contributed by atoms with van der Waals surface area (Å²) < 4.78 is 29.3. The lowest BCUT2D eigenvalue weighted by Gasteiger charge is -2.35. The molecule has 1 aliphatic rings. The monoisotopic (exact) mass is 1260 g/mol. The second kappa shape index (κ2) is 30.2. The summed E-state index contributed by atoms with van der Waals surface area (Å²) in [6.07, 6.45) is 0.925. The van der Waals surface area contributed by atoms with Crippen LogP contribution in [0.4, 0.5) is 0 Å². The largest absolute Gasteiger partial charge is 0.451 e. The lowest BCUT2D eigenvalue weighted by Crippen LogP contribution is -2.55. The number of benzene rings is 2. The van der Waals surface area contributed by atoms with E-state index < -0.39 is 96.1 Å². The van der Waals surface area contributed by atoms with Crippen molar-refractivity contribution in [3.63, 3.8) is 0 Å². The van der Waals surface area contributed by atoms with E-state index >= 15 is 9.59 Å². The van der Waals surface area contributed by atoms with Crippen LogP contribution >= 0.6 is 31.9 Å². The van der Waals surface area contributed by atoms with Crippen LogP contribution in [0.3, 0.4) is 0 Å². The van der Waals surface area contributed by atoms with Crippen molar-refractivity contribution in [2.24, 2.45) is 23.7 Å². The average Bonchev–Trinajstić information content (AvgIpc) is 4.20. The average molecular weight is 1270 g/mol. The molecule has 0 N–H and O–H groups in total. The second-order valence-corrected chi connectivity index (χ2v) is 25.0. The van der Waals surface area contributed by atoms with Crippen molar-refractivity contribution in [2.45, 2.75) is 169 Å². The van der Waals surface area contributed by atoms with E-state index in [1.165, 1.54) is 42.0 Å². The Hall–Kier alpha value is -6.42. The summed E-state index contributed by atoms with van der Waals surface area (Å²) in [5.74, 6) is -7.50. The number of cyclic esters (lactones) is 4. The Morgan fingerprint density at radius 2 is 0.756 bits per heavy atom. The van der Waals surface area contributed by atoms with E-state index in [0.29, 0.717) is 24.2 Å². The predicted octanol–water partition coefficient (Wildman–Crippen LogP) is 7.68. The zero-order valence-electron chi connectivity index (χ0n) is 49.7. The highest BCUT2D eigenvalue weighted by molar-refractivity contribution is 9.10. The fourth-order valence-corrected chi connectivity index (χ4v) is 10.4. The van der Waals surface area contributed by atoms with Gasteiger partial charge >= 0.3 is 23.9 Å². The third kappa shape index (κ3) is 18.8. The molecule has 2 aromatic heterocycles. The minimum Gasteiger partial charge on any atom is -0.451 e. The van der Waals surface area contributed by atoms with Gasteiger partial charge in [-0.05, 0) is 117 Å². The van der Waals surface area contributed by atoms with Crippen molar-refractivity contribution in [1.29, 1.82) is 0 Å². The second-order valence-electron chi connectivity index (χ2n) is 23.1. The zero-order chi connectivity index (χ0) is 60.9. The molecule has 5 rings (SSSR count). The third-order valence-electron chi connectivity index (χ3n) is 14.2. The zero-order valence-corrected chi connectivity index (χ0v) is 52.9. The molecule has 448 valence electrons. The van der Waals surface area contributed by atoms with Crippen LogP contribution in [0.15, 0.2) is 82.3 Å². The number of nitrogens with zero attached hydrogens (tertiary/aromatic N) is 8. The van der Waals surface area contributed by atoms with Gasteiger partial charge in [0.05, 0.1) is 34.4 Å². The highest BCUT2D eigenvalue weighted by Gasteiger charge is 2.43. The molecule has 2 aromatic carbocycles. The Morgan fingerprint density at radius 1 is 0.439 bits per heavy atom. The van der Waals surface area contributed by atoms with Crippen molar-refractivity contribution in [3.05, 3.63) is 105 Å². The molecule has 4 aromatic rings. The summed E-state index contributed by atoms with van der Waals surface area (Å²) in [6, 6.07) is 9.47. The van der Waals surface area contributed by atoms with E-state index in [4.69, 9.17) is 18.9 Å². The molecule has 0 unspecified atom stereocenters. The standard InChI is InChI=1S/C60H82Br2N8O12/c1-35(2)22-47-57(75)79-40(10)54(72)66(12)50(25-38(7)8)60(78)82-52(28-43-16-15-17-44(26-43)32-70-34-46(62)30-64-70)56(74)68(14)48(23-36(3)4)58(76)80-39(9)53(71)65(11)49(24-37(5)6)59(77)81-51(55(73)67(47)13)27-41-18-20-42(21-19-41)31-69-33-45(61)29-63-69/h15-21,26,29-30,33-40,47-52H,22-25,27-28,31-32H2,1-14H3/t39-,40-,47+,48+,49+,50+,51-,52-/m1/s1. The number of aromatic nitrogens is 4. The highest BCUT2D eigenvalue weighted by Crippen LogP contribution is 2.25. The van der Waals surface area contributed by atoms with E-state index in [1.807, 2.05) is 92.0 Å². The Morgan fingerprint density at radius 3 is 1.11 bits per heavy atom. The molecule has 1 aliphatic heterocycles. The molecule has 0 radical (unpaired) electrons. The molecule has 1 fully saturated rings. The number of esters is 4. The number of likely N-dealkylation sites (N-methyl/N-ethyl adjacent to an activating group) is 4. The summed E-state index contributed by atoms with van der Waals surface area (Å²) in [5.41, 5.74) is 2.94. The Bertz CT molecular complexity index is 2840.